The van der Waals surface area contributed by atoms with Gasteiger partial charge in [-0.2, -0.15) is 5.10 Å². The second-order valence-corrected chi connectivity index (χ2v) is 9.25. The second-order valence-electron chi connectivity index (χ2n) is 9.25. The molecule has 0 radical (unpaired) electrons. The first-order valence-electron chi connectivity index (χ1n) is 12.5. The van der Waals surface area contributed by atoms with Crippen molar-refractivity contribution in [1.29, 1.82) is 0 Å². The van der Waals surface area contributed by atoms with E-state index in [9.17, 15) is 0 Å². The molecule has 0 spiro atoms. The standard InChI is InChI=1S/C30H22FN7O/c31-26-25-24(16-34-27(26)21-11-19(14-33-15-21)13-32-12-18-5-2-1-3-6-18)37-38-29(25)30-35-23-8-4-7-22(28(23)36-30)20-9-10-39-17-20/h1-11,14-17,32H,12-13H2,(H,35,36)(H,37,38). The zero-order valence-corrected chi connectivity index (χ0v) is 20.6. The van der Waals surface area contributed by atoms with Gasteiger partial charge in [-0.15, -0.1) is 0 Å². The Labute approximate surface area is 222 Å². The Morgan fingerprint density at radius 2 is 1.74 bits per heavy atom. The number of H-pyrrole nitrogens is 2. The molecule has 7 aromatic rings. The number of nitrogens with one attached hydrogen (secondary N) is 3. The molecule has 3 N–H and O–H groups in total. The molecule has 0 aliphatic heterocycles. The van der Waals surface area contributed by atoms with E-state index in [-0.39, 0.29) is 5.69 Å². The molecule has 2 aromatic carbocycles. The van der Waals surface area contributed by atoms with Crippen molar-refractivity contribution in [2.75, 3.05) is 0 Å². The van der Waals surface area contributed by atoms with E-state index in [1.807, 2.05) is 48.5 Å². The van der Waals surface area contributed by atoms with Gasteiger partial charge in [0.2, 0.25) is 0 Å². The van der Waals surface area contributed by atoms with E-state index in [1.165, 1.54) is 5.56 Å². The predicted molar refractivity (Wildman–Crippen MR) is 147 cm³/mol. The van der Waals surface area contributed by atoms with Crippen molar-refractivity contribution >= 4 is 21.9 Å². The minimum absolute atomic E-state index is 0.206. The molecule has 8 nitrogen and oxygen atoms in total. The number of para-hydroxylation sites is 1. The molecule has 5 heterocycles. The number of hydrogen-bond donors (Lipinski definition) is 3. The highest BCUT2D eigenvalue weighted by Crippen LogP contribution is 2.34. The van der Waals surface area contributed by atoms with Crippen molar-refractivity contribution < 1.29 is 8.81 Å². The number of furan rings is 1. The molecule has 0 aliphatic rings. The normalized spacial score (nSPS) is 11.5. The van der Waals surface area contributed by atoms with E-state index >= 15 is 4.39 Å². The summed E-state index contributed by atoms with van der Waals surface area (Å²) >= 11 is 0. The van der Waals surface area contributed by atoms with Gasteiger partial charge in [0.25, 0.3) is 0 Å². The SMILES string of the molecule is Fc1c(-c2cncc(CNCc3ccccc3)c2)ncc2[nH]nc(-c3nc4c(-c5ccoc5)cccc4[nH]3)c12. The molecule has 7 rings (SSSR count). The Balaban J connectivity index is 1.23. The second kappa shape index (κ2) is 9.62. The number of halogens is 1. The summed E-state index contributed by atoms with van der Waals surface area (Å²) in [4.78, 5) is 16.8. The molecule has 5 aromatic heterocycles. The van der Waals surface area contributed by atoms with Crippen molar-refractivity contribution in [3.8, 4) is 33.9 Å². The van der Waals surface area contributed by atoms with Crippen LogP contribution in [0.15, 0.2) is 96.2 Å². The Morgan fingerprint density at radius 1 is 0.846 bits per heavy atom. The lowest BCUT2D eigenvalue weighted by molar-refractivity contribution is 0.568. The lowest BCUT2D eigenvalue weighted by Crippen LogP contribution is -2.12. The Hall–Kier alpha value is -5.15. The maximum Gasteiger partial charge on any atom is 0.161 e. The van der Waals surface area contributed by atoms with Crippen molar-refractivity contribution in [2.24, 2.45) is 0 Å². The zero-order chi connectivity index (χ0) is 26.2. The molecular formula is C30H22FN7O. The van der Waals surface area contributed by atoms with Gasteiger partial charge < -0.3 is 14.7 Å². The molecule has 0 saturated carbocycles. The van der Waals surface area contributed by atoms with Crippen LogP contribution in [0.2, 0.25) is 0 Å². The van der Waals surface area contributed by atoms with Gasteiger partial charge in [0.1, 0.15) is 11.4 Å². The highest BCUT2D eigenvalue weighted by Gasteiger charge is 2.21. The topological polar surface area (TPSA) is 108 Å². The summed E-state index contributed by atoms with van der Waals surface area (Å²) in [5.41, 5.74) is 7.17. The van der Waals surface area contributed by atoms with Crippen molar-refractivity contribution in [1.82, 2.24) is 35.5 Å². The maximum atomic E-state index is 16.1. The summed E-state index contributed by atoms with van der Waals surface area (Å²) < 4.78 is 21.3. The third-order valence-electron chi connectivity index (χ3n) is 6.68. The van der Waals surface area contributed by atoms with Gasteiger partial charge in [0.15, 0.2) is 11.6 Å². The van der Waals surface area contributed by atoms with E-state index < -0.39 is 5.82 Å². The Kier molecular flexibility index (Phi) is 5.68. The van der Waals surface area contributed by atoms with Crippen LogP contribution >= 0.6 is 0 Å². The van der Waals surface area contributed by atoms with Gasteiger partial charge in [-0.3, -0.25) is 15.1 Å². The first-order valence-corrected chi connectivity index (χ1v) is 12.5. The fraction of sp³-hybridized carbons (Fsp3) is 0.0667. The number of imidazole rings is 1. The Bertz CT molecular complexity index is 1910. The average molecular weight is 516 g/mol. The van der Waals surface area contributed by atoms with Crippen LogP contribution in [-0.4, -0.2) is 30.1 Å². The molecule has 0 atom stereocenters. The monoisotopic (exact) mass is 515 g/mol. The first-order chi connectivity index (χ1) is 19.2. The van der Waals surface area contributed by atoms with Gasteiger partial charge in [-0.25, -0.2) is 9.37 Å². The van der Waals surface area contributed by atoms with Crippen molar-refractivity contribution in [3.63, 3.8) is 0 Å². The van der Waals surface area contributed by atoms with Crippen LogP contribution in [0.5, 0.6) is 0 Å². The molecule has 9 heteroatoms. The molecular weight excluding hydrogens is 493 g/mol. The van der Waals surface area contributed by atoms with E-state index in [1.54, 1.807) is 31.1 Å². The van der Waals surface area contributed by atoms with Gasteiger partial charge in [0.05, 0.1) is 40.7 Å². The largest absolute Gasteiger partial charge is 0.472 e. The molecule has 0 saturated heterocycles. The molecule has 0 fully saturated rings. The summed E-state index contributed by atoms with van der Waals surface area (Å²) in [7, 11) is 0. The number of rotatable bonds is 7. The number of fused-ring (bicyclic) bond motifs is 2. The quantitative estimate of drug-likeness (QED) is 0.232. The smallest absolute Gasteiger partial charge is 0.161 e. The molecule has 0 aliphatic carbocycles. The highest BCUT2D eigenvalue weighted by atomic mass is 19.1. The number of nitrogens with zero attached hydrogens (tertiary/aromatic N) is 4. The van der Waals surface area contributed by atoms with Crippen LogP contribution in [0.1, 0.15) is 11.1 Å². The molecule has 190 valence electrons. The third kappa shape index (κ3) is 4.24. The minimum atomic E-state index is -0.483. The fourth-order valence-corrected chi connectivity index (χ4v) is 4.80. The number of hydrogen-bond acceptors (Lipinski definition) is 6. The minimum Gasteiger partial charge on any atom is -0.472 e. The predicted octanol–water partition coefficient (Wildman–Crippen LogP) is 6.25. The van der Waals surface area contributed by atoms with Crippen LogP contribution < -0.4 is 5.32 Å². The fourth-order valence-electron chi connectivity index (χ4n) is 4.80. The molecule has 39 heavy (non-hydrogen) atoms. The zero-order valence-electron chi connectivity index (χ0n) is 20.6. The summed E-state index contributed by atoms with van der Waals surface area (Å²) in [6.07, 6.45) is 8.27. The van der Waals surface area contributed by atoms with E-state index in [0.29, 0.717) is 34.5 Å². The summed E-state index contributed by atoms with van der Waals surface area (Å²) in [6, 6.07) is 19.8. The van der Waals surface area contributed by atoms with Gasteiger partial charge in [-0.1, -0.05) is 42.5 Å². The van der Waals surface area contributed by atoms with Gasteiger partial charge in [-0.05, 0) is 29.3 Å². The summed E-state index contributed by atoms with van der Waals surface area (Å²) in [5.74, 6) is -0.0248. The van der Waals surface area contributed by atoms with Gasteiger partial charge in [0, 0.05) is 42.2 Å². The lowest BCUT2D eigenvalue weighted by Gasteiger charge is -2.08. The summed E-state index contributed by atoms with van der Waals surface area (Å²) in [5, 5.41) is 11.0. The highest BCUT2D eigenvalue weighted by molar-refractivity contribution is 5.98. The third-order valence-corrected chi connectivity index (χ3v) is 6.68. The van der Waals surface area contributed by atoms with Crippen molar-refractivity contribution in [3.05, 3.63) is 109 Å². The first kappa shape index (κ1) is 23.0. The molecule has 0 bridgehead atoms. The average Bonchev–Trinajstić information content (AvgIpc) is 3.74. The van der Waals surface area contributed by atoms with Crippen LogP contribution in [0.4, 0.5) is 4.39 Å². The van der Waals surface area contributed by atoms with E-state index in [2.05, 4.69) is 42.6 Å². The van der Waals surface area contributed by atoms with Crippen LogP contribution in [-0.2, 0) is 13.1 Å². The van der Waals surface area contributed by atoms with Gasteiger partial charge >= 0.3 is 0 Å². The van der Waals surface area contributed by atoms with E-state index in [0.717, 1.165) is 34.3 Å². The number of benzene rings is 2. The molecule has 0 amide bonds. The van der Waals surface area contributed by atoms with Crippen molar-refractivity contribution in [2.45, 2.75) is 13.1 Å². The van der Waals surface area contributed by atoms with Crippen LogP contribution in [0, 0.1) is 5.82 Å². The summed E-state index contributed by atoms with van der Waals surface area (Å²) in [6.45, 7) is 1.32. The number of pyridine rings is 2. The van der Waals surface area contributed by atoms with E-state index in [4.69, 9.17) is 9.40 Å². The Morgan fingerprint density at radius 3 is 2.62 bits per heavy atom. The number of aromatic amines is 2. The molecule has 0 unspecified atom stereocenters. The number of aromatic nitrogens is 6. The van der Waals surface area contributed by atoms with Crippen LogP contribution in [0.3, 0.4) is 0 Å². The van der Waals surface area contributed by atoms with Crippen LogP contribution in [0.25, 0.3) is 55.8 Å². The lowest BCUT2D eigenvalue weighted by atomic mass is 10.1. The maximum absolute atomic E-state index is 16.1.